The van der Waals surface area contributed by atoms with Crippen LogP contribution in [0.4, 0.5) is 10.5 Å². The highest BCUT2D eigenvalue weighted by atomic mass is 16.5. The number of carbonyl (C=O) groups excluding carboxylic acids is 2. The predicted octanol–water partition coefficient (Wildman–Crippen LogP) is 3.23. The Hall–Kier alpha value is -3.09. The second-order valence-electron chi connectivity index (χ2n) is 7.03. The number of anilines is 1. The van der Waals surface area contributed by atoms with Crippen molar-refractivity contribution in [1.29, 1.82) is 0 Å². The highest BCUT2D eigenvalue weighted by molar-refractivity contribution is 5.90. The molecule has 1 saturated heterocycles. The van der Waals surface area contributed by atoms with Crippen molar-refractivity contribution in [3.05, 3.63) is 54.2 Å². The van der Waals surface area contributed by atoms with Crippen molar-refractivity contribution < 1.29 is 14.3 Å². The van der Waals surface area contributed by atoms with Gasteiger partial charge in [0.2, 0.25) is 11.8 Å². The lowest BCUT2D eigenvalue weighted by molar-refractivity contribution is -0.122. The number of hydrogen-bond acceptors (Lipinski definition) is 4. The molecular weight excluding hydrogens is 368 g/mol. The number of nitrogens with one attached hydrogen (secondary N) is 2. The van der Waals surface area contributed by atoms with E-state index in [1.807, 2.05) is 37.3 Å². The average molecular weight is 396 g/mol. The Kier molecular flexibility index (Phi) is 7.44. The molecule has 1 aromatic heterocycles. The van der Waals surface area contributed by atoms with E-state index in [1.165, 1.54) is 0 Å². The molecule has 3 amide bonds. The van der Waals surface area contributed by atoms with Gasteiger partial charge in [0.1, 0.15) is 5.69 Å². The van der Waals surface area contributed by atoms with E-state index in [-0.39, 0.29) is 18.0 Å². The smallest absolute Gasteiger partial charge is 0.321 e. The minimum Gasteiger partial charge on any atom is -0.476 e. The number of aryl methyl sites for hydroxylation is 1. The molecule has 7 heteroatoms. The molecule has 0 radical (unpaired) electrons. The van der Waals surface area contributed by atoms with Crippen molar-refractivity contribution in [2.24, 2.45) is 0 Å². The first-order valence-electron chi connectivity index (χ1n) is 10.1. The molecule has 29 heavy (non-hydrogen) atoms. The molecule has 1 aliphatic rings. The standard InChI is InChI=1S/C22H28N4O3/c1-2-29-21-19(9-6-14-23-21)25-22(28)26-15-12-18(13-16-26)24-20(27)11-10-17-7-4-3-5-8-17/h3-9,14,18H,2,10-13,15-16H2,1H3,(H,24,27)(H,25,28). The number of aromatic nitrogens is 1. The zero-order valence-electron chi connectivity index (χ0n) is 16.8. The van der Waals surface area contributed by atoms with Gasteiger partial charge in [0.15, 0.2) is 0 Å². The van der Waals surface area contributed by atoms with Gasteiger partial charge < -0.3 is 20.3 Å². The van der Waals surface area contributed by atoms with E-state index in [2.05, 4.69) is 15.6 Å². The number of urea groups is 1. The van der Waals surface area contributed by atoms with Crippen molar-refractivity contribution >= 4 is 17.6 Å². The van der Waals surface area contributed by atoms with E-state index < -0.39 is 0 Å². The average Bonchev–Trinajstić information content (AvgIpc) is 2.75. The molecule has 2 heterocycles. The normalized spacial score (nSPS) is 14.3. The molecule has 0 unspecified atom stereocenters. The summed E-state index contributed by atoms with van der Waals surface area (Å²) in [5.41, 5.74) is 1.73. The van der Waals surface area contributed by atoms with Crippen LogP contribution in [0.2, 0.25) is 0 Å². The zero-order chi connectivity index (χ0) is 20.5. The molecule has 154 valence electrons. The molecule has 2 aromatic rings. The fourth-order valence-electron chi connectivity index (χ4n) is 3.36. The number of piperidine rings is 1. The van der Waals surface area contributed by atoms with Crippen molar-refractivity contribution in [1.82, 2.24) is 15.2 Å². The van der Waals surface area contributed by atoms with Crippen LogP contribution in [-0.2, 0) is 11.2 Å². The minimum absolute atomic E-state index is 0.0634. The van der Waals surface area contributed by atoms with Gasteiger partial charge in [-0.05, 0) is 43.9 Å². The van der Waals surface area contributed by atoms with Crippen molar-refractivity contribution in [2.45, 2.75) is 38.6 Å². The number of likely N-dealkylation sites (tertiary alicyclic amines) is 1. The summed E-state index contributed by atoms with van der Waals surface area (Å²) < 4.78 is 5.45. The van der Waals surface area contributed by atoms with E-state index in [0.29, 0.717) is 37.7 Å². The van der Waals surface area contributed by atoms with Gasteiger partial charge in [-0.2, -0.15) is 0 Å². The van der Waals surface area contributed by atoms with E-state index in [9.17, 15) is 9.59 Å². The van der Waals surface area contributed by atoms with Gasteiger partial charge in [0.05, 0.1) is 6.61 Å². The van der Waals surface area contributed by atoms with Crippen molar-refractivity contribution in [2.75, 3.05) is 25.0 Å². The zero-order valence-corrected chi connectivity index (χ0v) is 16.8. The summed E-state index contributed by atoms with van der Waals surface area (Å²) in [7, 11) is 0. The number of ether oxygens (including phenoxy) is 1. The third-order valence-corrected chi connectivity index (χ3v) is 4.92. The molecule has 0 aliphatic carbocycles. The summed E-state index contributed by atoms with van der Waals surface area (Å²) in [6, 6.07) is 13.5. The summed E-state index contributed by atoms with van der Waals surface area (Å²) in [5, 5.41) is 5.97. The third kappa shape index (κ3) is 6.20. The van der Waals surface area contributed by atoms with Gasteiger partial charge in [-0.1, -0.05) is 30.3 Å². The van der Waals surface area contributed by atoms with E-state index in [4.69, 9.17) is 4.74 Å². The lowest BCUT2D eigenvalue weighted by Crippen LogP contribution is -2.47. The third-order valence-electron chi connectivity index (χ3n) is 4.92. The monoisotopic (exact) mass is 396 g/mol. The van der Waals surface area contributed by atoms with E-state index in [1.54, 1.807) is 23.2 Å². The molecule has 0 saturated carbocycles. The first-order valence-corrected chi connectivity index (χ1v) is 10.1. The molecule has 3 rings (SSSR count). The van der Waals surface area contributed by atoms with Crippen LogP contribution in [-0.4, -0.2) is 47.6 Å². The summed E-state index contributed by atoms with van der Waals surface area (Å²) in [4.78, 5) is 30.7. The van der Waals surface area contributed by atoms with Crippen LogP contribution in [0.3, 0.4) is 0 Å². The van der Waals surface area contributed by atoms with E-state index in [0.717, 1.165) is 24.8 Å². The predicted molar refractivity (Wildman–Crippen MR) is 112 cm³/mol. The van der Waals surface area contributed by atoms with Gasteiger partial charge in [-0.15, -0.1) is 0 Å². The fraction of sp³-hybridized carbons (Fsp3) is 0.409. The summed E-state index contributed by atoms with van der Waals surface area (Å²) in [6.07, 6.45) is 4.34. The molecular formula is C22H28N4O3. The summed E-state index contributed by atoms with van der Waals surface area (Å²) >= 11 is 0. The Morgan fingerprint density at radius 1 is 1.14 bits per heavy atom. The maximum atomic E-state index is 12.6. The summed E-state index contributed by atoms with van der Waals surface area (Å²) in [5.74, 6) is 0.484. The van der Waals surface area contributed by atoms with E-state index >= 15 is 0 Å². The number of amides is 3. The molecule has 0 bridgehead atoms. The molecule has 0 atom stereocenters. The topological polar surface area (TPSA) is 83.6 Å². The minimum atomic E-state index is -0.173. The van der Waals surface area contributed by atoms with Crippen LogP contribution in [0.1, 0.15) is 31.7 Å². The molecule has 2 N–H and O–H groups in total. The van der Waals surface area contributed by atoms with Crippen molar-refractivity contribution in [3.63, 3.8) is 0 Å². The molecule has 7 nitrogen and oxygen atoms in total. The maximum absolute atomic E-state index is 12.6. The lowest BCUT2D eigenvalue weighted by Gasteiger charge is -2.32. The fourth-order valence-corrected chi connectivity index (χ4v) is 3.36. The molecule has 1 aromatic carbocycles. The first-order chi connectivity index (χ1) is 14.2. The number of hydrogen-bond donors (Lipinski definition) is 2. The number of rotatable bonds is 7. The molecule has 0 spiro atoms. The van der Waals surface area contributed by atoms with Gasteiger partial charge >= 0.3 is 6.03 Å². The van der Waals surface area contributed by atoms with Gasteiger partial charge in [-0.25, -0.2) is 9.78 Å². The lowest BCUT2D eigenvalue weighted by atomic mass is 10.0. The molecule has 1 aliphatic heterocycles. The van der Waals surface area contributed by atoms with Crippen molar-refractivity contribution in [3.8, 4) is 5.88 Å². The van der Waals surface area contributed by atoms with Crippen LogP contribution in [0.5, 0.6) is 5.88 Å². The number of pyridine rings is 1. The second-order valence-corrected chi connectivity index (χ2v) is 7.03. The van der Waals surface area contributed by atoms with Gasteiger partial charge in [0.25, 0.3) is 0 Å². The Morgan fingerprint density at radius 2 is 1.90 bits per heavy atom. The summed E-state index contributed by atoms with van der Waals surface area (Å²) in [6.45, 7) is 3.55. The number of benzene rings is 1. The Morgan fingerprint density at radius 3 is 2.62 bits per heavy atom. The second kappa shape index (κ2) is 10.5. The van der Waals surface area contributed by atoms with Crippen LogP contribution in [0.25, 0.3) is 0 Å². The first kappa shape index (κ1) is 20.6. The SMILES string of the molecule is CCOc1ncccc1NC(=O)N1CCC(NC(=O)CCc2ccccc2)CC1. The van der Waals surface area contributed by atoms with Crippen LogP contribution in [0.15, 0.2) is 48.7 Å². The van der Waals surface area contributed by atoms with Gasteiger partial charge in [0, 0.05) is 31.7 Å². The van der Waals surface area contributed by atoms with Crippen LogP contribution < -0.4 is 15.4 Å². The number of nitrogens with zero attached hydrogens (tertiary/aromatic N) is 2. The largest absolute Gasteiger partial charge is 0.476 e. The molecule has 1 fully saturated rings. The quantitative estimate of drug-likeness (QED) is 0.753. The van der Waals surface area contributed by atoms with Crippen LogP contribution in [0, 0.1) is 0 Å². The Labute approximate surface area is 171 Å². The highest BCUT2D eigenvalue weighted by Crippen LogP contribution is 2.21. The maximum Gasteiger partial charge on any atom is 0.321 e. The number of carbonyl (C=O) groups is 2. The Balaban J connectivity index is 1.42. The van der Waals surface area contributed by atoms with Gasteiger partial charge in [-0.3, -0.25) is 4.79 Å². The highest BCUT2D eigenvalue weighted by Gasteiger charge is 2.24. The Bertz CT molecular complexity index is 805. The van der Waals surface area contributed by atoms with Crippen LogP contribution >= 0.6 is 0 Å².